The number of aryl methyl sites for hydroxylation is 1. The van der Waals surface area contributed by atoms with E-state index in [0.717, 1.165) is 25.5 Å². The van der Waals surface area contributed by atoms with E-state index in [-0.39, 0.29) is 0 Å². The van der Waals surface area contributed by atoms with Crippen molar-refractivity contribution in [1.29, 1.82) is 0 Å². The van der Waals surface area contributed by atoms with Gasteiger partial charge in [-0.15, -0.1) is 0 Å². The van der Waals surface area contributed by atoms with Crippen LogP contribution in [-0.4, -0.2) is 6.29 Å². The molecular formula is C16H22O. The molecule has 1 heteroatoms. The van der Waals surface area contributed by atoms with E-state index in [9.17, 15) is 4.79 Å². The summed E-state index contributed by atoms with van der Waals surface area (Å²) in [5.74, 6) is 0. The van der Waals surface area contributed by atoms with E-state index < -0.39 is 0 Å². The molecule has 0 amide bonds. The summed E-state index contributed by atoms with van der Waals surface area (Å²) in [5, 5.41) is 0. The van der Waals surface area contributed by atoms with Gasteiger partial charge in [-0.1, -0.05) is 56.2 Å². The van der Waals surface area contributed by atoms with E-state index in [1.54, 1.807) is 0 Å². The molecule has 0 aliphatic rings. The number of unbranched alkanes of at least 4 members (excludes halogenated alkanes) is 5. The highest BCUT2D eigenvalue weighted by molar-refractivity contribution is 5.51. The van der Waals surface area contributed by atoms with Crippen molar-refractivity contribution < 1.29 is 4.79 Å². The zero-order chi connectivity index (χ0) is 12.3. The molecule has 0 aliphatic heterocycles. The predicted octanol–water partition coefficient (Wildman–Crippen LogP) is 4.41. The summed E-state index contributed by atoms with van der Waals surface area (Å²) in [5.41, 5.74) is 2.66. The maximum atomic E-state index is 10.1. The summed E-state index contributed by atoms with van der Waals surface area (Å²) >= 11 is 0. The van der Waals surface area contributed by atoms with Crippen LogP contribution in [0.2, 0.25) is 0 Å². The van der Waals surface area contributed by atoms with Crippen LogP contribution in [0.4, 0.5) is 0 Å². The normalized spacial score (nSPS) is 10.1. The second kappa shape index (κ2) is 8.74. The van der Waals surface area contributed by atoms with Gasteiger partial charge in [0.15, 0.2) is 0 Å². The zero-order valence-electron chi connectivity index (χ0n) is 10.5. The Hall–Kier alpha value is -1.37. The average Bonchev–Trinajstić information content (AvgIpc) is 2.38. The van der Waals surface area contributed by atoms with Gasteiger partial charge in [0.2, 0.25) is 0 Å². The molecule has 0 saturated carbocycles. The van der Waals surface area contributed by atoms with Crippen LogP contribution in [0.25, 0.3) is 6.08 Å². The van der Waals surface area contributed by atoms with Crippen LogP contribution in [0.5, 0.6) is 0 Å². The maximum absolute atomic E-state index is 10.1. The van der Waals surface area contributed by atoms with Crippen LogP contribution in [0.1, 0.15) is 49.7 Å². The first-order chi connectivity index (χ1) is 8.38. The van der Waals surface area contributed by atoms with Crippen molar-refractivity contribution >= 4 is 12.4 Å². The molecule has 0 unspecified atom stereocenters. The summed E-state index contributed by atoms with van der Waals surface area (Å²) in [6, 6.07) is 8.45. The van der Waals surface area contributed by atoms with Crippen molar-refractivity contribution in [2.24, 2.45) is 0 Å². The number of hydrogen-bond donors (Lipinski definition) is 0. The maximum Gasteiger partial charge on any atom is 0.119 e. The highest BCUT2D eigenvalue weighted by Crippen LogP contribution is 2.14. The Kier molecular flexibility index (Phi) is 7.04. The molecule has 0 N–H and O–H groups in total. The van der Waals surface area contributed by atoms with Gasteiger partial charge >= 0.3 is 0 Å². The van der Waals surface area contributed by atoms with Gasteiger partial charge in [-0.3, -0.25) is 0 Å². The molecule has 1 rings (SSSR count). The third-order valence-electron chi connectivity index (χ3n) is 3.04. The van der Waals surface area contributed by atoms with Gasteiger partial charge in [0.05, 0.1) is 0 Å². The van der Waals surface area contributed by atoms with Gasteiger partial charge in [-0.2, -0.15) is 0 Å². The van der Waals surface area contributed by atoms with E-state index >= 15 is 0 Å². The van der Waals surface area contributed by atoms with E-state index in [4.69, 9.17) is 0 Å². The fourth-order valence-electron chi connectivity index (χ4n) is 2.03. The first-order valence-electron chi connectivity index (χ1n) is 6.52. The number of rotatable bonds is 9. The first kappa shape index (κ1) is 13.7. The second-order valence-corrected chi connectivity index (χ2v) is 4.38. The van der Waals surface area contributed by atoms with Gasteiger partial charge in [0, 0.05) is 6.42 Å². The molecular weight excluding hydrogens is 208 g/mol. The standard InChI is InChI=1S/C16H22O/c1-2-15-11-8-9-13-16(15)12-7-5-3-4-6-10-14-17/h2,8-9,11,13-14H,1,3-7,10,12H2. The van der Waals surface area contributed by atoms with Gasteiger partial charge in [0.25, 0.3) is 0 Å². The minimum absolute atomic E-state index is 0.722. The molecule has 0 spiro atoms. The van der Waals surface area contributed by atoms with Crippen molar-refractivity contribution in [2.75, 3.05) is 0 Å². The van der Waals surface area contributed by atoms with Crippen LogP contribution >= 0.6 is 0 Å². The van der Waals surface area contributed by atoms with Crippen LogP contribution in [0, 0.1) is 0 Å². The van der Waals surface area contributed by atoms with Crippen molar-refractivity contribution in [3.05, 3.63) is 42.0 Å². The number of carbonyl (C=O) groups excluding carboxylic acids is 1. The molecule has 1 aromatic rings. The number of hydrogen-bond acceptors (Lipinski definition) is 1. The summed E-state index contributed by atoms with van der Waals surface area (Å²) in [7, 11) is 0. The Labute approximate surface area is 105 Å². The Morgan fingerprint density at radius 1 is 1.00 bits per heavy atom. The largest absolute Gasteiger partial charge is 0.303 e. The van der Waals surface area contributed by atoms with E-state index in [1.807, 2.05) is 6.08 Å². The van der Waals surface area contributed by atoms with E-state index in [2.05, 4.69) is 30.8 Å². The third-order valence-corrected chi connectivity index (χ3v) is 3.04. The Morgan fingerprint density at radius 2 is 1.71 bits per heavy atom. The molecule has 0 heterocycles. The molecule has 0 aliphatic carbocycles. The quantitative estimate of drug-likeness (QED) is 0.453. The lowest BCUT2D eigenvalue weighted by Gasteiger charge is -2.05. The lowest BCUT2D eigenvalue weighted by atomic mass is 10.0. The first-order valence-corrected chi connectivity index (χ1v) is 6.52. The summed E-state index contributed by atoms with van der Waals surface area (Å²) in [6.07, 6.45) is 10.8. The number of carbonyl (C=O) groups is 1. The minimum atomic E-state index is 0.722. The van der Waals surface area contributed by atoms with E-state index in [1.165, 1.54) is 36.8 Å². The minimum Gasteiger partial charge on any atom is -0.303 e. The molecule has 1 nitrogen and oxygen atoms in total. The summed E-state index contributed by atoms with van der Waals surface area (Å²) in [6.45, 7) is 3.84. The van der Waals surface area contributed by atoms with Crippen LogP contribution in [-0.2, 0) is 11.2 Å². The fraction of sp³-hybridized carbons (Fsp3) is 0.438. The van der Waals surface area contributed by atoms with E-state index in [0.29, 0.717) is 0 Å². The van der Waals surface area contributed by atoms with Crippen molar-refractivity contribution in [2.45, 2.75) is 44.9 Å². The number of benzene rings is 1. The lowest BCUT2D eigenvalue weighted by Crippen LogP contribution is -1.89. The fourth-order valence-corrected chi connectivity index (χ4v) is 2.03. The Morgan fingerprint density at radius 3 is 2.47 bits per heavy atom. The topological polar surface area (TPSA) is 17.1 Å². The van der Waals surface area contributed by atoms with Crippen molar-refractivity contribution in [3.8, 4) is 0 Å². The summed E-state index contributed by atoms with van der Waals surface area (Å²) in [4.78, 5) is 10.1. The monoisotopic (exact) mass is 230 g/mol. The van der Waals surface area contributed by atoms with Gasteiger partial charge in [-0.05, 0) is 30.4 Å². The lowest BCUT2D eigenvalue weighted by molar-refractivity contribution is -0.107. The molecule has 17 heavy (non-hydrogen) atoms. The Balaban J connectivity index is 2.17. The molecule has 0 atom stereocenters. The number of aldehydes is 1. The molecule has 0 radical (unpaired) electrons. The predicted molar refractivity (Wildman–Crippen MR) is 74.0 cm³/mol. The van der Waals surface area contributed by atoms with Gasteiger partial charge in [0.1, 0.15) is 6.29 Å². The van der Waals surface area contributed by atoms with Gasteiger partial charge < -0.3 is 4.79 Å². The molecule has 0 fully saturated rings. The van der Waals surface area contributed by atoms with Crippen LogP contribution in [0.3, 0.4) is 0 Å². The molecule has 0 bridgehead atoms. The van der Waals surface area contributed by atoms with Gasteiger partial charge in [-0.25, -0.2) is 0 Å². The van der Waals surface area contributed by atoms with Crippen molar-refractivity contribution in [1.82, 2.24) is 0 Å². The smallest absolute Gasteiger partial charge is 0.119 e. The average molecular weight is 230 g/mol. The second-order valence-electron chi connectivity index (χ2n) is 4.38. The highest BCUT2D eigenvalue weighted by Gasteiger charge is 1.98. The molecule has 92 valence electrons. The third kappa shape index (κ3) is 5.48. The Bertz CT molecular complexity index is 341. The molecule has 1 aromatic carbocycles. The highest BCUT2D eigenvalue weighted by atomic mass is 16.1. The van der Waals surface area contributed by atoms with Crippen molar-refractivity contribution in [3.63, 3.8) is 0 Å². The van der Waals surface area contributed by atoms with Crippen LogP contribution in [0.15, 0.2) is 30.8 Å². The SMILES string of the molecule is C=Cc1ccccc1CCCCCCCC=O. The zero-order valence-corrected chi connectivity index (χ0v) is 10.5. The molecule has 0 aromatic heterocycles. The summed E-state index contributed by atoms with van der Waals surface area (Å²) < 4.78 is 0. The van der Waals surface area contributed by atoms with Crippen LogP contribution < -0.4 is 0 Å². The molecule has 0 saturated heterocycles.